The zero-order valence-corrected chi connectivity index (χ0v) is 18.6. The van der Waals surface area contributed by atoms with Gasteiger partial charge in [0.05, 0.1) is 28.6 Å². The fourth-order valence-corrected chi connectivity index (χ4v) is 5.56. The Balaban J connectivity index is 1.83. The van der Waals surface area contributed by atoms with E-state index in [4.69, 9.17) is 0 Å². The molecule has 0 aliphatic carbocycles. The topological polar surface area (TPSA) is 95.9 Å². The van der Waals surface area contributed by atoms with Crippen molar-refractivity contribution < 1.29 is 21.2 Å². The molecule has 1 atom stereocenters. The van der Waals surface area contributed by atoms with Crippen LogP contribution in [0.1, 0.15) is 23.6 Å². The van der Waals surface area contributed by atoms with Crippen molar-refractivity contribution in [2.75, 3.05) is 11.0 Å². The van der Waals surface area contributed by atoms with Gasteiger partial charge in [-0.25, -0.2) is 12.8 Å². The molecule has 32 heavy (non-hydrogen) atoms. The molecule has 1 aliphatic heterocycles. The molecule has 0 saturated carbocycles. The summed E-state index contributed by atoms with van der Waals surface area (Å²) in [6.45, 7) is 0. The maximum Gasteiger partial charge on any atom is 0.279 e. The van der Waals surface area contributed by atoms with Crippen molar-refractivity contribution in [1.29, 1.82) is 0 Å². The van der Waals surface area contributed by atoms with Crippen LogP contribution in [0.3, 0.4) is 0 Å². The van der Waals surface area contributed by atoms with Gasteiger partial charge in [0.25, 0.3) is 10.0 Å². The van der Waals surface area contributed by atoms with Gasteiger partial charge in [-0.3, -0.25) is 4.72 Å². The Kier molecular flexibility index (Phi) is 5.74. The average molecular weight is 474 g/mol. The molecule has 0 bridgehead atoms. The molecular formula is C22H20FN3O4S2. The number of hydrazone groups is 1. The summed E-state index contributed by atoms with van der Waals surface area (Å²) in [4.78, 5) is 0.0691. The first kappa shape index (κ1) is 22.0. The normalized spacial score (nSPS) is 16.6. The molecule has 4 rings (SSSR count). The maximum absolute atomic E-state index is 13.5. The number of halogens is 1. The molecule has 0 amide bonds. The van der Waals surface area contributed by atoms with E-state index in [1.807, 2.05) is 0 Å². The van der Waals surface area contributed by atoms with Crippen LogP contribution in [0.2, 0.25) is 0 Å². The van der Waals surface area contributed by atoms with Crippen molar-refractivity contribution >= 4 is 31.4 Å². The Labute approximate surface area is 186 Å². The molecule has 3 aromatic rings. The number of nitrogens with one attached hydrogen (secondary N) is 1. The SMILES string of the molecule is CS(=O)(=O)Nc1ccccc1C1=NN(S(=O)(=O)c2ccccc2)C(c2ccc(F)cc2)C1. The second kappa shape index (κ2) is 8.36. The Morgan fingerprint density at radius 1 is 0.906 bits per heavy atom. The van der Waals surface area contributed by atoms with Gasteiger partial charge < -0.3 is 0 Å². The summed E-state index contributed by atoms with van der Waals surface area (Å²) in [7, 11) is -7.58. The standard InChI is InChI=1S/C22H20FN3O4S2/c1-31(27,28)25-20-10-6-5-9-19(20)21-15-22(16-11-13-17(23)14-12-16)26(24-21)32(29,30)18-7-3-2-4-8-18/h2-14,22,25H,15H2,1H3. The molecule has 0 radical (unpaired) electrons. The van der Waals surface area contributed by atoms with Gasteiger partial charge in [0.15, 0.2) is 0 Å². The van der Waals surface area contributed by atoms with Crippen molar-refractivity contribution in [3.05, 3.63) is 95.8 Å². The molecule has 1 heterocycles. The summed E-state index contributed by atoms with van der Waals surface area (Å²) < 4.78 is 67.4. The predicted octanol–water partition coefficient (Wildman–Crippen LogP) is 3.74. The Bertz CT molecular complexity index is 1370. The number of benzene rings is 3. The molecule has 0 spiro atoms. The van der Waals surface area contributed by atoms with Crippen molar-refractivity contribution in [2.24, 2.45) is 5.10 Å². The van der Waals surface area contributed by atoms with Gasteiger partial charge in [-0.05, 0) is 35.9 Å². The molecule has 1 N–H and O–H groups in total. The molecule has 0 saturated heterocycles. The highest BCUT2D eigenvalue weighted by molar-refractivity contribution is 7.92. The summed E-state index contributed by atoms with van der Waals surface area (Å²) >= 11 is 0. The highest BCUT2D eigenvalue weighted by Gasteiger charge is 2.38. The molecule has 1 unspecified atom stereocenters. The van der Waals surface area contributed by atoms with E-state index in [0.717, 1.165) is 10.7 Å². The van der Waals surface area contributed by atoms with E-state index in [9.17, 15) is 21.2 Å². The minimum atomic E-state index is -4.02. The van der Waals surface area contributed by atoms with Crippen LogP contribution in [0.25, 0.3) is 0 Å². The van der Waals surface area contributed by atoms with Crippen molar-refractivity contribution in [3.8, 4) is 0 Å². The smallest absolute Gasteiger partial charge is 0.279 e. The number of para-hydroxylation sites is 1. The predicted molar refractivity (Wildman–Crippen MR) is 121 cm³/mol. The third-order valence-corrected chi connectivity index (χ3v) is 7.24. The molecule has 0 fully saturated rings. The highest BCUT2D eigenvalue weighted by atomic mass is 32.2. The van der Waals surface area contributed by atoms with Crippen LogP contribution >= 0.6 is 0 Å². The van der Waals surface area contributed by atoms with E-state index in [0.29, 0.717) is 22.5 Å². The van der Waals surface area contributed by atoms with Crippen LogP contribution in [-0.2, 0) is 20.0 Å². The first-order chi connectivity index (χ1) is 15.1. The molecule has 3 aromatic carbocycles. The monoisotopic (exact) mass is 473 g/mol. The number of nitrogens with zero attached hydrogens (tertiary/aromatic N) is 2. The van der Waals surface area contributed by atoms with Crippen LogP contribution in [0.4, 0.5) is 10.1 Å². The van der Waals surface area contributed by atoms with E-state index in [1.54, 1.807) is 42.5 Å². The summed E-state index contributed by atoms with van der Waals surface area (Å²) in [5, 5.41) is 4.41. The van der Waals surface area contributed by atoms with Gasteiger partial charge in [-0.15, -0.1) is 0 Å². The minimum absolute atomic E-state index is 0.0691. The quantitative estimate of drug-likeness (QED) is 0.590. The van der Waals surface area contributed by atoms with E-state index >= 15 is 0 Å². The van der Waals surface area contributed by atoms with Gasteiger partial charge in [-0.2, -0.15) is 17.9 Å². The van der Waals surface area contributed by atoms with Crippen LogP contribution < -0.4 is 4.72 Å². The highest BCUT2D eigenvalue weighted by Crippen LogP contribution is 2.38. The van der Waals surface area contributed by atoms with Gasteiger partial charge in [0.2, 0.25) is 10.0 Å². The second-order valence-electron chi connectivity index (χ2n) is 7.33. The van der Waals surface area contributed by atoms with Crippen LogP contribution in [-0.4, -0.2) is 33.2 Å². The molecule has 1 aliphatic rings. The summed E-state index contributed by atoms with van der Waals surface area (Å²) in [6, 6.07) is 19.4. The fourth-order valence-electron chi connectivity index (χ4n) is 3.53. The van der Waals surface area contributed by atoms with Gasteiger partial charge in [-0.1, -0.05) is 48.5 Å². The second-order valence-corrected chi connectivity index (χ2v) is 10.9. The van der Waals surface area contributed by atoms with Crippen molar-refractivity contribution in [3.63, 3.8) is 0 Å². The largest absolute Gasteiger partial charge is 0.283 e. The lowest BCUT2D eigenvalue weighted by molar-refractivity contribution is 0.371. The molecule has 166 valence electrons. The van der Waals surface area contributed by atoms with Crippen molar-refractivity contribution in [2.45, 2.75) is 17.4 Å². The van der Waals surface area contributed by atoms with E-state index in [-0.39, 0.29) is 11.3 Å². The lowest BCUT2D eigenvalue weighted by Crippen LogP contribution is -2.27. The first-order valence-electron chi connectivity index (χ1n) is 9.65. The van der Waals surface area contributed by atoms with Gasteiger partial charge in [0.1, 0.15) is 5.82 Å². The van der Waals surface area contributed by atoms with E-state index in [1.165, 1.54) is 36.4 Å². The van der Waals surface area contributed by atoms with Crippen LogP contribution in [0.5, 0.6) is 0 Å². The molecule has 10 heteroatoms. The molecular weight excluding hydrogens is 453 g/mol. The lowest BCUT2D eigenvalue weighted by atomic mass is 9.98. The first-order valence-corrected chi connectivity index (χ1v) is 13.0. The number of sulfonamides is 2. The minimum Gasteiger partial charge on any atom is -0.283 e. The number of rotatable bonds is 6. The summed E-state index contributed by atoms with van der Waals surface area (Å²) in [6.07, 6.45) is 1.22. The molecule has 0 aromatic heterocycles. The summed E-state index contributed by atoms with van der Waals surface area (Å²) in [5.41, 5.74) is 1.73. The van der Waals surface area contributed by atoms with E-state index < -0.39 is 31.9 Å². The summed E-state index contributed by atoms with van der Waals surface area (Å²) in [5.74, 6) is -0.437. The maximum atomic E-state index is 13.5. The van der Waals surface area contributed by atoms with Gasteiger partial charge >= 0.3 is 0 Å². The number of hydrogen-bond donors (Lipinski definition) is 1. The van der Waals surface area contributed by atoms with Gasteiger partial charge in [0, 0.05) is 12.0 Å². The Morgan fingerprint density at radius 2 is 1.53 bits per heavy atom. The third-order valence-electron chi connectivity index (χ3n) is 4.95. The van der Waals surface area contributed by atoms with E-state index in [2.05, 4.69) is 9.82 Å². The average Bonchev–Trinajstić information content (AvgIpc) is 3.20. The molecule has 7 nitrogen and oxygen atoms in total. The zero-order chi connectivity index (χ0) is 22.9. The number of anilines is 1. The fraction of sp³-hybridized carbons (Fsp3) is 0.136. The lowest BCUT2D eigenvalue weighted by Gasteiger charge is -2.23. The van der Waals surface area contributed by atoms with Crippen LogP contribution in [0.15, 0.2) is 88.9 Å². The Hall–Kier alpha value is -3.24. The van der Waals surface area contributed by atoms with Crippen LogP contribution in [0, 0.1) is 5.82 Å². The zero-order valence-electron chi connectivity index (χ0n) is 17.0. The third kappa shape index (κ3) is 4.51. The van der Waals surface area contributed by atoms with Crippen molar-refractivity contribution in [1.82, 2.24) is 4.41 Å². The number of hydrogen-bond acceptors (Lipinski definition) is 5. The Morgan fingerprint density at radius 3 is 2.19 bits per heavy atom.